The van der Waals surface area contributed by atoms with Gasteiger partial charge in [0.1, 0.15) is 0 Å². The second-order valence-electron chi connectivity index (χ2n) is 4.01. The first kappa shape index (κ1) is 10.5. The molecule has 0 aliphatic heterocycles. The Morgan fingerprint density at radius 2 is 2.17 bits per heavy atom. The molecule has 1 fully saturated rings. The Kier molecular flexibility index (Phi) is 4.59. The summed E-state index contributed by atoms with van der Waals surface area (Å²) in [5.41, 5.74) is 0. The van der Waals surface area contributed by atoms with Crippen molar-refractivity contribution in [1.82, 2.24) is 0 Å². The van der Waals surface area contributed by atoms with E-state index in [1.807, 2.05) is 0 Å². The Morgan fingerprint density at radius 3 is 2.75 bits per heavy atom. The third-order valence-corrected chi connectivity index (χ3v) is 3.22. The van der Waals surface area contributed by atoms with Crippen LogP contribution in [-0.2, 0) is 4.74 Å². The highest BCUT2D eigenvalue weighted by atomic mass is 79.9. The molecule has 2 unspecified atom stereocenters. The summed E-state index contributed by atoms with van der Waals surface area (Å²) >= 11 is 3.68. The largest absolute Gasteiger partial charge is 0.379 e. The minimum Gasteiger partial charge on any atom is -0.379 e. The van der Waals surface area contributed by atoms with Crippen LogP contribution in [-0.4, -0.2) is 17.5 Å². The van der Waals surface area contributed by atoms with Crippen LogP contribution in [0.4, 0.5) is 0 Å². The third kappa shape index (κ3) is 3.90. The number of alkyl halides is 1. The Morgan fingerprint density at radius 1 is 1.42 bits per heavy atom. The molecule has 0 heterocycles. The van der Waals surface area contributed by atoms with Crippen LogP contribution in [0.25, 0.3) is 0 Å². The topological polar surface area (TPSA) is 9.23 Å². The lowest BCUT2D eigenvalue weighted by Gasteiger charge is -2.26. The van der Waals surface area contributed by atoms with Crippen LogP contribution in [0.1, 0.15) is 39.5 Å². The van der Waals surface area contributed by atoms with Gasteiger partial charge in [-0.3, -0.25) is 0 Å². The fourth-order valence-corrected chi connectivity index (χ4v) is 2.56. The molecule has 0 spiro atoms. The highest BCUT2D eigenvalue weighted by Gasteiger charge is 2.19. The molecule has 1 nitrogen and oxygen atoms in total. The summed E-state index contributed by atoms with van der Waals surface area (Å²) in [7, 11) is 0. The second-order valence-corrected chi connectivity index (χ2v) is 5.31. The van der Waals surface area contributed by atoms with Gasteiger partial charge in [0.25, 0.3) is 0 Å². The number of rotatable bonds is 3. The molecule has 0 amide bonds. The van der Waals surface area contributed by atoms with Crippen LogP contribution in [0.2, 0.25) is 0 Å². The van der Waals surface area contributed by atoms with Gasteiger partial charge < -0.3 is 4.74 Å². The molecule has 1 rings (SSSR count). The summed E-state index contributed by atoms with van der Waals surface area (Å²) in [4.78, 5) is 0.743. The Hall–Kier alpha value is 0.440. The van der Waals surface area contributed by atoms with Gasteiger partial charge in [-0.1, -0.05) is 22.4 Å². The van der Waals surface area contributed by atoms with Gasteiger partial charge in [0.2, 0.25) is 0 Å². The molecule has 2 heteroatoms. The molecular formula is C10H19BrO. The predicted octanol–water partition coefficient (Wildman–Crippen LogP) is 3.37. The molecule has 2 atom stereocenters. The van der Waals surface area contributed by atoms with E-state index in [1.54, 1.807) is 0 Å². The maximum absolute atomic E-state index is 5.61. The zero-order chi connectivity index (χ0) is 8.97. The second kappa shape index (κ2) is 5.23. The highest BCUT2D eigenvalue weighted by Crippen LogP contribution is 2.29. The molecule has 0 N–H and O–H groups in total. The van der Waals surface area contributed by atoms with E-state index in [2.05, 4.69) is 29.8 Å². The van der Waals surface area contributed by atoms with E-state index in [0.29, 0.717) is 6.10 Å². The standard InChI is InChI=1S/C10H19BrO/c1-8(2)12-7-9-4-3-5-10(11)6-9/h8-10H,3-7H2,1-2H3. The SMILES string of the molecule is CC(C)OCC1CCCC(Br)C1. The number of hydrogen-bond acceptors (Lipinski definition) is 1. The van der Waals surface area contributed by atoms with Gasteiger partial charge in [-0.2, -0.15) is 0 Å². The summed E-state index contributed by atoms with van der Waals surface area (Å²) in [6.07, 6.45) is 5.75. The molecule has 12 heavy (non-hydrogen) atoms. The number of halogens is 1. The lowest BCUT2D eigenvalue weighted by atomic mass is 9.90. The predicted molar refractivity (Wildman–Crippen MR) is 55.8 cm³/mol. The Balaban J connectivity index is 2.14. The van der Waals surface area contributed by atoms with Crippen LogP contribution >= 0.6 is 15.9 Å². The van der Waals surface area contributed by atoms with Crippen LogP contribution in [0.5, 0.6) is 0 Å². The molecule has 72 valence electrons. The lowest BCUT2D eigenvalue weighted by Crippen LogP contribution is -2.21. The van der Waals surface area contributed by atoms with Gasteiger partial charge in [0.05, 0.1) is 6.10 Å². The van der Waals surface area contributed by atoms with Gasteiger partial charge in [-0.15, -0.1) is 0 Å². The summed E-state index contributed by atoms with van der Waals surface area (Å²) < 4.78 is 5.61. The molecular weight excluding hydrogens is 216 g/mol. The van der Waals surface area contributed by atoms with Crippen molar-refractivity contribution in [3.8, 4) is 0 Å². The minimum atomic E-state index is 0.390. The summed E-state index contributed by atoms with van der Waals surface area (Å²) in [6.45, 7) is 5.17. The molecule has 0 aromatic rings. The molecule has 1 saturated carbocycles. The molecule has 1 aliphatic rings. The Bertz CT molecular complexity index is 125. The van der Waals surface area contributed by atoms with Crippen molar-refractivity contribution in [3.05, 3.63) is 0 Å². The smallest absolute Gasteiger partial charge is 0.0519 e. The van der Waals surface area contributed by atoms with Crippen molar-refractivity contribution >= 4 is 15.9 Å². The first-order valence-electron chi connectivity index (χ1n) is 4.94. The third-order valence-electron chi connectivity index (χ3n) is 2.38. The lowest BCUT2D eigenvalue weighted by molar-refractivity contribution is 0.0422. The molecule has 0 aromatic heterocycles. The summed E-state index contributed by atoms with van der Waals surface area (Å²) in [5, 5.41) is 0. The van der Waals surface area contributed by atoms with E-state index in [1.165, 1.54) is 25.7 Å². The zero-order valence-electron chi connectivity index (χ0n) is 8.05. The van der Waals surface area contributed by atoms with Crippen LogP contribution in [0.3, 0.4) is 0 Å². The number of hydrogen-bond donors (Lipinski definition) is 0. The van der Waals surface area contributed by atoms with E-state index in [-0.39, 0.29) is 0 Å². The molecule has 0 saturated heterocycles. The average molecular weight is 235 g/mol. The van der Waals surface area contributed by atoms with Crippen molar-refractivity contribution in [3.63, 3.8) is 0 Å². The highest BCUT2D eigenvalue weighted by molar-refractivity contribution is 9.09. The number of ether oxygens (including phenoxy) is 1. The van der Waals surface area contributed by atoms with Crippen LogP contribution in [0, 0.1) is 5.92 Å². The van der Waals surface area contributed by atoms with Gasteiger partial charge in [-0.25, -0.2) is 0 Å². The van der Waals surface area contributed by atoms with E-state index >= 15 is 0 Å². The van der Waals surface area contributed by atoms with Gasteiger partial charge in [-0.05, 0) is 39.0 Å². The first-order chi connectivity index (χ1) is 5.68. The first-order valence-corrected chi connectivity index (χ1v) is 5.85. The quantitative estimate of drug-likeness (QED) is 0.681. The van der Waals surface area contributed by atoms with E-state index in [9.17, 15) is 0 Å². The van der Waals surface area contributed by atoms with Crippen molar-refractivity contribution in [2.75, 3.05) is 6.61 Å². The van der Waals surface area contributed by atoms with E-state index in [0.717, 1.165) is 17.4 Å². The monoisotopic (exact) mass is 234 g/mol. The maximum atomic E-state index is 5.61. The van der Waals surface area contributed by atoms with E-state index < -0.39 is 0 Å². The fraction of sp³-hybridized carbons (Fsp3) is 1.00. The summed E-state index contributed by atoms with van der Waals surface area (Å²) in [5.74, 6) is 0.797. The van der Waals surface area contributed by atoms with Crippen LogP contribution in [0.15, 0.2) is 0 Å². The van der Waals surface area contributed by atoms with Gasteiger partial charge in [0.15, 0.2) is 0 Å². The van der Waals surface area contributed by atoms with E-state index in [4.69, 9.17) is 4.74 Å². The molecule has 0 radical (unpaired) electrons. The summed E-state index contributed by atoms with van der Waals surface area (Å²) in [6, 6.07) is 0. The van der Waals surface area contributed by atoms with Gasteiger partial charge in [0, 0.05) is 11.4 Å². The van der Waals surface area contributed by atoms with Crippen molar-refractivity contribution < 1.29 is 4.74 Å². The normalized spacial score (nSPS) is 31.0. The molecule has 0 aromatic carbocycles. The van der Waals surface area contributed by atoms with Crippen molar-refractivity contribution in [2.24, 2.45) is 5.92 Å². The maximum Gasteiger partial charge on any atom is 0.0519 e. The minimum absolute atomic E-state index is 0.390. The Labute approximate surface area is 84.0 Å². The van der Waals surface area contributed by atoms with Crippen molar-refractivity contribution in [1.29, 1.82) is 0 Å². The van der Waals surface area contributed by atoms with Crippen LogP contribution < -0.4 is 0 Å². The fourth-order valence-electron chi connectivity index (χ4n) is 1.71. The average Bonchev–Trinajstić information content (AvgIpc) is 2.01. The molecule has 0 bridgehead atoms. The zero-order valence-corrected chi connectivity index (χ0v) is 9.64. The van der Waals surface area contributed by atoms with Gasteiger partial charge >= 0.3 is 0 Å². The molecule has 1 aliphatic carbocycles. The van der Waals surface area contributed by atoms with Crippen molar-refractivity contribution in [2.45, 2.75) is 50.5 Å².